The highest BCUT2D eigenvalue weighted by Gasteiger charge is 2.37. The standard InChI is InChI=1S/C20H26N2O2S/c23-19(22-13-11-20(12-14-22)10-3-4-15-24-20)9-5-8-18-21-16-6-1-2-7-17(16)25-18/h1-2,6-7H,3-5,8-15H2. The lowest BCUT2D eigenvalue weighted by molar-refractivity contribution is -0.142. The Morgan fingerprint density at radius 3 is 2.80 bits per heavy atom. The summed E-state index contributed by atoms with van der Waals surface area (Å²) in [5, 5.41) is 1.14. The average Bonchev–Trinajstić information content (AvgIpc) is 3.06. The Hall–Kier alpha value is -1.46. The number of piperidine rings is 1. The summed E-state index contributed by atoms with van der Waals surface area (Å²) in [6.07, 6.45) is 8.07. The smallest absolute Gasteiger partial charge is 0.222 e. The molecule has 134 valence electrons. The second-order valence-electron chi connectivity index (χ2n) is 7.30. The summed E-state index contributed by atoms with van der Waals surface area (Å²) in [5.74, 6) is 0.298. The molecule has 0 atom stereocenters. The van der Waals surface area contributed by atoms with Crippen molar-refractivity contribution in [3.8, 4) is 0 Å². The number of para-hydroxylation sites is 1. The van der Waals surface area contributed by atoms with E-state index in [9.17, 15) is 4.79 Å². The minimum atomic E-state index is 0.0794. The molecule has 0 N–H and O–H groups in total. The van der Waals surface area contributed by atoms with Gasteiger partial charge in [-0.3, -0.25) is 4.79 Å². The molecule has 1 amide bonds. The number of carbonyl (C=O) groups excluding carboxylic acids is 1. The van der Waals surface area contributed by atoms with Gasteiger partial charge in [0.05, 0.1) is 20.8 Å². The number of carbonyl (C=O) groups is 1. The van der Waals surface area contributed by atoms with Gasteiger partial charge in [-0.05, 0) is 57.1 Å². The first-order valence-corrected chi connectivity index (χ1v) is 10.3. The molecule has 4 nitrogen and oxygen atoms in total. The molecule has 4 rings (SSSR count). The second kappa shape index (κ2) is 7.42. The van der Waals surface area contributed by atoms with Crippen molar-refractivity contribution in [1.29, 1.82) is 0 Å². The van der Waals surface area contributed by atoms with E-state index in [0.717, 1.165) is 55.9 Å². The van der Waals surface area contributed by atoms with Crippen LogP contribution in [0, 0.1) is 0 Å². The van der Waals surface area contributed by atoms with Crippen molar-refractivity contribution in [2.75, 3.05) is 19.7 Å². The van der Waals surface area contributed by atoms with Crippen LogP contribution in [0.5, 0.6) is 0 Å². The molecule has 1 aromatic carbocycles. The van der Waals surface area contributed by atoms with Crippen molar-refractivity contribution in [2.24, 2.45) is 0 Å². The van der Waals surface area contributed by atoms with Crippen molar-refractivity contribution in [1.82, 2.24) is 9.88 Å². The number of benzene rings is 1. The molecule has 2 fully saturated rings. The fourth-order valence-electron chi connectivity index (χ4n) is 4.04. The van der Waals surface area contributed by atoms with Crippen LogP contribution in [0.15, 0.2) is 24.3 Å². The number of aromatic nitrogens is 1. The fourth-order valence-corrected chi connectivity index (χ4v) is 5.05. The SMILES string of the molecule is O=C(CCCc1nc2ccccc2s1)N1CCC2(CCCCO2)CC1. The van der Waals surface area contributed by atoms with Gasteiger partial charge in [-0.25, -0.2) is 4.98 Å². The first-order valence-electron chi connectivity index (χ1n) is 9.50. The predicted molar refractivity (Wildman–Crippen MR) is 101 cm³/mol. The molecule has 0 unspecified atom stereocenters. The molecule has 0 saturated carbocycles. The Kier molecular flexibility index (Phi) is 5.04. The molecule has 2 aromatic rings. The Balaban J connectivity index is 1.24. The van der Waals surface area contributed by atoms with Crippen molar-refractivity contribution in [3.05, 3.63) is 29.3 Å². The molecule has 5 heteroatoms. The van der Waals surface area contributed by atoms with E-state index in [4.69, 9.17) is 4.74 Å². The third kappa shape index (κ3) is 3.87. The molecule has 0 radical (unpaired) electrons. The Morgan fingerprint density at radius 2 is 2.04 bits per heavy atom. The van der Waals surface area contributed by atoms with Gasteiger partial charge in [-0.1, -0.05) is 12.1 Å². The lowest BCUT2D eigenvalue weighted by Crippen LogP contribution is -2.49. The highest BCUT2D eigenvalue weighted by atomic mass is 32.1. The van der Waals surface area contributed by atoms with Crippen LogP contribution < -0.4 is 0 Å². The van der Waals surface area contributed by atoms with Crippen LogP contribution in [-0.2, 0) is 16.0 Å². The zero-order valence-corrected chi connectivity index (χ0v) is 15.5. The van der Waals surface area contributed by atoms with Gasteiger partial charge in [-0.15, -0.1) is 11.3 Å². The highest BCUT2D eigenvalue weighted by molar-refractivity contribution is 7.18. The molecule has 0 aliphatic carbocycles. The van der Waals surface area contributed by atoms with Crippen LogP contribution in [0.4, 0.5) is 0 Å². The predicted octanol–water partition coefficient (Wildman–Crippen LogP) is 4.18. The van der Waals surface area contributed by atoms with Crippen molar-refractivity contribution < 1.29 is 9.53 Å². The van der Waals surface area contributed by atoms with Gasteiger partial charge in [0.1, 0.15) is 0 Å². The van der Waals surface area contributed by atoms with Gasteiger partial charge < -0.3 is 9.64 Å². The number of likely N-dealkylation sites (tertiary alicyclic amines) is 1. The normalized spacial score (nSPS) is 20.2. The van der Waals surface area contributed by atoms with E-state index in [1.165, 1.54) is 24.0 Å². The highest BCUT2D eigenvalue weighted by Crippen LogP contribution is 2.35. The summed E-state index contributed by atoms with van der Waals surface area (Å²) in [4.78, 5) is 19.2. The van der Waals surface area contributed by atoms with Gasteiger partial charge in [-0.2, -0.15) is 0 Å². The van der Waals surface area contributed by atoms with Crippen LogP contribution >= 0.6 is 11.3 Å². The van der Waals surface area contributed by atoms with Crippen LogP contribution in [0.3, 0.4) is 0 Å². The molecule has 2 aliphatic rings. The molecule has 25 heavy (non-hydrogen) atoms. The topological polar surface area (TPSA) is 42.4 Å². The van der Waals surface area contributed by atoms with Crippen LogP contribution in [0.2, 0.25) is 0 Å². The molecule has 2 aliphatic heterocycles. The fraction of sp³-hybridized carbons (Fsp3) is 0.600. The second-order valence-corrected chi connectivity index (χ2v) is 8.41. The maximum Gasteiger partial charge on any atom is 0.222 e. The number of nitrogens with zero attached hydrogens (tertiary/aromatic N) is 2. The first-order chi connectivity index (χ1) is 12.2. The Bertz CT molecular complexity index is 693. The Labute approximate surface area is 153 Å². The lowest BCUT2D eigenvalue weighted by atomic mass is 9.84. The molecule has 0 bridgehead atoms. The van der Waals surface area contributed by atoms with E-state index in [-0.39, 0.29) is 5.60 Å². The molecule has 2 saturated heterocycles. The summed E-state index contributed by atoms with van der Waals surface area (Å²) < 4.78 is 7.29. The van der Waals surface area contributed by atoms with E-state index in [1.54, 1.807) is 11.3 Å². The first kappa shape index (κ1) is 17.0. The summed E-state index contributed by atoms with van der Waals surface area (Å²) in [6.45, 7) is 2.62. The van der Waals surface area contributed by atoms with Crippen LogP contribution in [0.25, 0.3) is 10.2 Å². The van der Waals surface area contributed by atoms with Crippen LogP contribution in [-0.4, -0.2) is 41.1 Å². The van der Waals surface area contributed by atoms with E-state index >= 15 is 0 Å². The minimum absolute atomic E-state index is 0.0794. The molecular weight excluding hydrogens is 332 g/mol. The summed E-state index contributed by atoms with van der Waals surface area (Å²) >= 11 is 1.75. The minimum Gasteiger partial charge on any atom is -0.375 e. The van der Waals surface area contributed by atoms with Gasteiger partial charge >= 0.3 is 0 Å². The number of hydrogen-bond acceptors (Lipinski definition) is 4. The molecule has 3 heterocycles. The average molecular weight is 359 g/mol. The monoisotopic (exact) mass is 358 g/mol. The third-order valence-corrected chi connectivity index (χ3v) is 6.68. The number of thiazole rings is 1. The van der Waals surface area contributed by atoms with Gasteiger partial charge in [0.2, 0.25) is 5.91 Å². The number of fused-ring (bicyclic) bond motifs is 1. The maximum absolute atomic E-state index is 12.5. The molecule has 1 spiro atoms. The zero-order chi connectivity index (χ0) is 17.1. The molecule has 1 aromatic heterocycles. The number of aryl methyl sites for hydroxylation is 1. The van der Waals surface area contributed by atoms with E-state index in [2.05, 4.69) is 17.1 Å². The summed E-state index contributed by atoms with van der Waals surface area (Å²) in [7, 11) is 0. The lowest BCUT2D eigenvalue weighted by Gasteiger charge is -2.44. The molecular formula is C20H26N2O2S. The van der Waals surface area contributed by atoms with E-state index in [0.29, 0.717) is 12.3 Å². The maximum atomic E-state index is 12.5. The quantitative estimate of drug-likeness (QED) is 0.823. The number of amides is 1. The van der Waals surface area contributed by atoms with Gasteiger partial charge in [0.15, 0.2) is 0 Å². The number of rotatable bonds is 4. The van der Waals surface area contributed by atoms with Crippen LogP contribution in [0.1, 0.15) is 50.0 Å². The van der Waals surface area contributed by atoms with Crippen molar-refractivity contribution >= 4 is 27.5 Å². The number of hydrogen-bond donors (Lipinski definition) is 0. The van der Waals surface area contributed by atoms with E-state index < -0.39 is 0 Å². The van der Waals surface area contributed by atoms with Crippen molar-refractivity contribution in [2.45, 2.75) is 57.0 Å². The zero-order valence-electron chi connectivity index (χ0n) is 14.7. The summed E-state index contributed by atoms with van der Waals surface area (Å²) in [5.41, 5.74) is 1.15. The third-order valence-electron chi connectivity index (χ3n) is 5.58. The number of ether oxygens (including phenoxy) is 1. The van der Waals surface area contributed by atoms with E-state index in [1.807, 2.05) is 17.0 Å². The van der Waals surface area contributed by atoms with Crippen molar-refractivity contribution in [3.63, 3.8) is 0 Å². The largest absolute Gasteiger partial charge is 0.375 e. The van der Waals surface area contributed by atoms with Gasteiger partial charge in [0.25, 0.3) is 0 Å². The Morgan fingerprint density at radius 1 is 1.20 bits per heavy atom. The van der Waals surface area contributed by atoms with Gasteiger partial charge in [0, 0.05) is 26.1 Å². The summed E-state index contributed by atoms with van der Waals surface area (Å²) in [6, 6.07) is 8.23.